The minimum atomic E-state index is -0.416. The summed E-state index contributed by atoms with van der Waals surface area (Å²) in [6, 6.07) is 3.42. The highest BCUT2D eigenvalue weighted by Gasteiger charge is 2.36. The molecule has 1 atom stereocenters. The number of rotatable bonds is 1. The normalized spacial score (nSPS) is 24.6. The largest absolute Gasteiger partial charge is 0.437 e. The second-order valence-electron chi connectivity index (χ2n) is 4.54. The molecule has 0 bridgehead atoms. The molecule has 2 N–H and O–H groups in total. The van der Waals surface area contributed by atoms with E-state index < -0.39 is 5.60 Å². The van der Waals surface area contributed by atoms with Crippen molar-refractivity contribution in [2.45, 2.75) is 25.4 Å². The van der Waals surface area contributed by atoms with E-state index in [1.165, 1.54) is 0 Å². The van der Waals surface area contributed by atoms with Gasteiger partial charge >= 0.3 is 0 Å². The van der Waals surface area contributed by atoms with E-state index in [1.807, 2.05) is 6.92 Å². The van der Waals surface area contributed by atoms with Gasteiger partial charge in [0.2, 0.25) is 5.89 Å². The molecule has 1 unspecified atom stereocenters. The van der Waals surface area contributed by atoms with Crippen LogP contribution in [0, 0.1) is 0 Å². The quantitative estimate of drug-likeness (QED) is 0.793. The summed E-state index contributed by atoms with van der Waals surface area (Å²) >= 11 is 5.95. The Balaban J connectivity index is 2.13. The van der Waals surface area contributed by atoms with Crippen LogP contribution in [-0.4, -0.2) is 11.6 Å². The van der Waals surface area contributed by atoms with Crippen LogP contribution in [0.3, 0.4) is 0 Å². The number of nitrogens with zero attached hydrogens (tertiary/aromatic N) is 1. The third-order valence-electron chi connectivity index (χ3n) is 3.18. The number of fused-ring (bicyclic) bond motifs is 1. The molecule has 1 aromatic heterocycles. The summed E-state index contributed by atoms with van der Waals surface area (Å²) in [5, 5.41) is 0.495. The molecule has 90 valence electrons. The zero-order chi connectivity index (χ0) is 12.0. The van der Waals surface area contributed by atoms with Gasteiger partial charge in [-0.1, -0.05) is 11.6 Å². The molecule has 2 heterocycles. The lowest BCUT2D eigenvalue weighted by molar-refractivity contribution is -0.00409. The number of anilines is 1. The number of ether oxygens (including phenoxy) is 1. The van der Waals surface area contributed by atoms with E-state index >= 15 is 0 Å². The van der Waals surface area contributed by atoms with E-state index in [-0.39, 0.29) is 0 Å². The molecule has 5 heteroatoms. The monoisotopic (exact) mass is 252 g/mol. The molecule has 0 spiro atoms. The highest BCUT2D eigenvalue weighted by atomic mass is 35.5. The van der Waals surface area contributed by atoms with Crippen LogP contribution in [0.4, 0.5) is 5.69 Å². The summed E-state index contributed by atoms with van der Waals surface area (Å²) in [6.45, 7) is 2.74. The number of nitrogen functional groups attached to an aromatic ring is 1. The second kappa shape index (κ2) is 3.62. The van der Waals surface area contributed by atoms with Crippen LogP contribution in [0.2, 0.25) is 5.02 Å². The Hall–Kier alpha value is -1.26. The van der Waals surface area contributed by atoms with Crippen LogP contribution in [-0.2, 0) is 10.3 Å². The number of halogens is 1. The number of oxazole rings is 1. The molecule has 0 amide bonds. The summed E-state index contributed by atoms with van der Waals surface area (Å²) in [6.07, 6.45) is 1.95. The van der Waals surface area contributed by atoms with Gasteiger partial charge in [-0.05, 0) is 25.8 Å². The van der Waals surface area contributed by atoms with E-state index in [2.05, 4.69) is 4.98 Å². The van der Waals surface area contributed by atoms with Crippen molar-refractivity contribution in [1.29, 1.82) is 0 Å². The van der Waals surface area contributed by atoms with Crippen molar-refractivity contribution in [3.8, 4) is 0 Å². The number of nitrogens with two attached hydrogens (primary N) is 1. The van der Waals surface area contributed by atoms with Gasteiger partial charge in [0.05, 0.1) is 10.7 Å². The smallest absolute Gasteiger partial charge is 0.227 e. The van der Waals surface area contributed by atoms with Gasteiger partial charge in [-0.3, -0.25) is 0 Å². The molecular formula is C12H13ClN2O2. The molecule has 17 heavy (non-hydrogen) atoms. The predicted octanol–water partition coefficient (Wildman–Crippen LogP) is 3.09. The van der Waals surface area contributed by atoms with E-state index in [4.69, 9.17) is 26.5 Å². The van der Waals surface area contributed by atoms with Crippen LogP contribution < -0.4 is 5.73 Å². The number of benzene rings is 1. The van der Waals surface area contributed by atoms with E-state index in [9.17, 15) is 0 Å². The van der Waals surface area contributed by atoms with E-state index in [1.54, 1.807) is 12.1 Å². The van der Waals surface area contributed by atoms with E-state index in [0.29, 0.717) is 22.2 Å². The van der Waals surface area contributed by atoms with Crippen LogP contribution in [0.1, 0.15) is 25.7 Å². The fraction of sp³-hybridized carbons (Fsp3) is 0.417. The minimum Gasteiger partial charge on any atom is -0.437 e. The standard InChI is InChI=1S/C12H13ClN2O2/c1-12(3-2-4-16-12)11-15-9-5-7(13)8(14)6-10(9)17-11/h5-6H,2-4,14H2,1H3. The van der Waals surface area contributed by atoms with Crippen molar-refractivity contribution in [3.63, 3.8) is 0 Å². The van der Waals surface area contributed by atoms with E-state index in [0.717, 1.165) is 25.0 Å². The molecule has 0 saturated carbocycles. The topological polar surface area (TPSA) is 61.3 Å². The van der Waals surface area contributed by atoms with Crippen molar-refractivity contribution in [3.05, 3.63) is 23.0 Å². The molecule has 3 rings (SSSR count). The molecular weight excluding hydrogens is 240 g/mol. The SMILES string of the molecule is CC1(c2nc3cc(Cl)c(N)cc3o2)CCCO1. The van der Waals surface area contributed by atoms with Crippen molar-refractivity contribution in [2.24, 2.45) is 0 Å². The van der Waals surface area contributed by atoms with Crippen LogP contribution in [0.25, 0.3) is 11.1 Å². The van der Waals surface area contributed by atoms with Crippen molar-refractivity contribution >= 4 is 28.4 Å². The van der Waals surface area contributed by atoms with Gasteiger partial charge in [0.1, 0.15) is 11.1 Å². The summed E-state index contributed by atoms with van der Waals surface area (Å²) in [5.41, 5.74) is 7.18. The van der Waals surface area contributed by atoms with Gasteiger partial charge in [0.25, 0.3) is 0 Å². The molecule has 1 fully saturated rings. The molecule has 1 aliphatic heterocycles. The maximum atomic E-state index is 5.95. The van der Waals surface area contributed by atoms with Gasteiger partial charge < -0.3 is 14.9 Å². The fourth-order valence-corrected chi connectivity index (χ4v) is 2.30. The Morgan fingerprint density at radius 3 is 3.00 bits per heavy atom. The molecule has 1 aromatic carbocycles. The highest BCUT2D eigenvalue weighted by Crippen LogP contribution is 2.37. The first-order chi connectivity index (χ1) is 8.08. The lowest BCUT2D eigenvalue weighted by Gasteiger charge is -2.17. The van der Waals surface area contributed by atoms with Crippen molar-refractivity contribution in [1.82, 2.24) is 4.98 Å². The molecule has 0 aliphatic carbocycles. The van der Waals surface area contributed by atoms with Gasteiger partial charge in [-0.25, -0.2) is 4.98 Å². The Morgan fingerprint density at radius 1 is 1.47 bits per heavy atom. The van der Waals surface area contributed by atoms with Crippen LogP contribution in [0.15, 0.2) is 16.5 Å². The average molecular weight is 253 g/mol. The maximum Gasteiger partial charge on any atom is 0.227 e. The molecule has 0 radical (unpaired) electrons. The summed E-state index contributed by atoms with van der Waals surface area (Å²) in [5.74, 6) is 0.603. The lowest BCUT2D eigenvalue weighted by atomic mass is 10.0. The summed E-state index contributed by atoms with van der Waals surface area (Å²) in [7, 11) is 0. The Kier molecular flexibility index (Phi) is 2.31. The first kappa shape index (κ1) is 10.9. The summed E-state index contributed by atoms with van der Waals surface area (Å²) < 4.78 is 11.4. The van der Waals surface area contributed by atoms with Crippen LogP contribution >= 0.6 is 11.6 Å². The van der Waals surface area contributed by atoms with Gasteiger partial charge in [-0.15, -0.1) is 0 Å². The molecule has 2 aromatic rings. The molecule has 1 saturated heterocycles. The van der Waals surface area contributed by atoms with Crippen LogP contribution in [0.5, 0.6) is 0 Å². The van der Waals surface area contributed by atoms with Gasteiger partial charge in [-0.2, -0.15) is 0 Å². The Labute approximate surface area is 104 Å². The van der Waals surface area contributed by atoms with Gasteiger partial charge in [0.15, 0.2) is 5.58 Å². The average Bonchev–Trinajstić information content (AvgIpc) is 2.87. The predicted molar refractivity (Wildman–Crippen MR) is 66.0 cm³/mol. The third kappa shape index (κ3) is 1.68. The molecule has 4 nitrogen and oxygen atoms in total. The maximum absolute atomic E-state index is 5.95. The zero-order valence-electron chi connectivity index (χ0n) is 9.50. The zero-order valence-corrected chi connectivity index (χ0v) is 10.3. The second-order valence-corrected chi connectivity index (χ2v) is 4.95. The Bertz CT molecular complexity index is 534. The third-order valence-corrected chi connectivity index (χ3v) is 3.51. The summed E-state index contributed by atoms with van der Waals surface area (Å²) in [4.78, 5) is 4.44. The first-order valence-electron chi connectivity index (χ1n) is 5.58. The van der Waals surface area contributed by atoms with Crippen molar-refractivity contribution in [2.75, 3.05) is 12.3 Å². The highest BCUT2D eigenvalue weighted by molar-refractivity contribution is 6.33. The fourth-order valence-electron chi connectivity index (χ4n) is 2.14. The molecule has 1 aliphatic rings. The number of aromatic nitrogens is 1. The lowest BCUT2D eigenvalue weighted by Crippen LogP contribution is -2.20. The van der Waals surface area contributed by atoms with Gasteiger partial charge in [0, 0.05) is 12.7 Å². The number of hydrogen-bond acceptors (Lipinski definition) is 4. The van der Waals surface area contributed by atoms with Crippen molar-refractivity contribution < 1.29 is 9.15 Å². The Morgan fingerprint density at radius 2 is 2.29 bits per heavy atom. The number of hydrogen-bond donors (Lipinski definition) is 1. The minimum absolute atomic E-state index is 0.416. The first-order valence-corrected chi connectivity index (χ1v) is 5.96.